The molecule has 2 aromatic heterocycles. The molecule has 0 unspecified atom stereocenters. The van der Waals surface area contributed by atoms with Crippen molar-refractivity contribution in [3.8, 4) is 0 Å². The maximum atomic E-state index is 11.5. The lowest BCUT2D eigenvalue weighted by Gasteiger charge is -2.32. The molecule has 0 aliphatic carbocycles. The van der Waals surface area contributed by atoms with Crippen molar-refractivity contribution >= 4 is 5.91 Å². The Kier molecular flexibility index (Phi) is 4.89. The third-order valence-corrected chi connectivity index (χ3v) is 4.11. The van der Waals surface area contributed by atoms with Crippen molar-refractivity contribution in [1.82, 2.24) is 30.5 Å². The van der Waals surface area contributed by atoms with Crippen LogP contribution in [-0.4, -0.2) is 44.7 Å². The van der Waals surface area contributed by atoms with Gasteiger partial charge in [-0.2, -0.15) is 9.97 Å². The third kappa shape index (κ3) is 3.45. The Bertz CT molecular complexity index is 695. The molecule has 24 heavy (non-hydrogen) atoms. The number of aromatic nitrogens is 4. The van der Waals surface area contributed by atoms with Crippen LogP contribution in [-0.2, 0) is 6.54 Å². The molecular formula is C15H22N6O3. The van der Waals surface area contributed by atoms with E-state index in [0.29, 0.717) is 18.3 Å². The SMILES string of the molecule is CNC(=O)c1nc(CN2CCCC[C@@H]2c2nc(C(C)C)no2)no1. The van der Waals surface area contributed by atoms with E-state index < -0.39 is 0 Å². The predicted octanol–water partition coefficient (Wildman–Crippen LogP) is 1.66. The van der Waals surface area contributed by atoms with Gasteiger partial charge in [0, 0.05) is 13.0 Å². The lowest BCUT2D eigenvalue weighted by Crippen LogP contribution is -2.33. The first-order valence-corrected chi connectivity index (χ1v) is 8.20. The van der Waals surface area contributed by atoms with Crippen LogP contribution in [0.2, 0.25) is 0 Å². The van der Waals surface area contributed by atoms with E-state index in [2.05, 4.69) is 30.5 Å². The summed E-state index contributed by atoms with van der Waals surface area (Å²) in [6.07, 6.45) is 3.14. The van der Waals surface area contributed by atoms with Gasteiger partial charge in [0.05, 0.1) is 12.6 Å². The fourth-order valence-electron chi connectivity index (χ4n) is 2.78. The highest BCUT2D eigenvalue weighted by Crippen LogP contribution is 2.31. The highest BCUT2D eigenvalue weighted by molar-refractivity contribution is 5.89. The number of carbonyl (C=O) groups is 1. The van der Waals surface area contributed by atoms with Crippen LogP contribution in [0.15, 0.2) is 9.05 Å². The Morgan fingerprint density at radius 2 is 2.12 bits per heavy atom. The summed E-state index contributed by atoms with van der Waals surface area (Å²) in [7, 11) is 1.52. The molecule has 1 amide bonds. The Labute approximate surface area is 139 Å². The van der Waals surface area contributed by atoms with Crippen LogP contribution < -0.4 is 5.32 Å². The zero-order valence-corrected chi connectivity index (χ0v) is 14.2. The first-order valence-electron chi connectivity index (χ1n) is 8.20. The Morgan fingerprint density at radius 3 is 2.83 bits per heavy atom. The van der Waals surface area contributed by atoms with Crippen molar-refractivity contribution in [3.63, 3.8) is 0 Å². The molecule has 0 bridgehead atoms. The normalized spacial score (nSPS) is 18.9. The van der Waals surface area contributed by atoms with Crippen LogP contribution in [0.3, 0.4) is 0 Å². The summed E-state index contributed by atoms with van der Waals surface area (Å²) in [6.45, 7) is 5.43. The molecule has 1 N–H and O–H groups in total. The van der Waals surface area contributed by atoms with E-state index in [4.69, 9.17) is 9.05 Å². The van der Waals surface area contributed by atoms with Gasteiger partial charge < -0.3 is 14.4 Å². The van der Waals surface area contributed by atoms with Crippen molar-refractivity contribution in [1.29, 1.82) is 0 Å². The second-order valence-corrected chi connectivity index (χ2v) is 6.22. The van der Waals surface area contributed by atoms with Crippen molar-refractivity contribution in [2.75, 3.05) is 13.6 Å². The molecule has 3 heterocycles. The standard InChI is InChI=1S/C15H22N6O3/c1-9(2)12-18-14(23-20-12)10-6-4-5-7-21(10)8-11-17-15(24-19-11)13(22)16-3/h9-10H,4-8H2,1-3H3,(H,16,22)/t10-/m1/s1. The van der Waals surface area contributed by atoms with Crippen LogP contribution >= 0.6 is 0 Å². The van der Waals surface area contributed by atoms with E-state index in [1.54, 1.807) is 0 Å². The largest absolute Gasteiger partial charge is 0.351 e. The third-order valence-electron chi connectivity index (χ3n) is 4.11. The number of nitrogens with one attached hydrogen (secondary N) is 1. The van der Waals surface area contributed by atoms with Crippen LogP contribution in [0.1, 0.15) is 73.3 Å². The Hall–Kier alpha value is -2.29. The number of hydrogen-bond acceptors (Lipinski definition) is 8. The van der Waals surface area contributed by atoms with Crippen molar-refractivity contribution in [3.05, 3.63) is 23.4 Å². The van der Waals surface area contributed by atoms with Crippen molar-refractivity contribution < 1.29 is 13.8 Å². The van der Waals surface area contributed by atoms with Gasteiger partial charge in [0.1, 0.15) is 0 Å². The highest BCUT2D eigenvalue weighted by atomic mass is 16.5. The van der Waals surface area contributed by atoms with Gasteiger partial charge in [-0.1, -0.05) is 30.6 Å². The summed E-state index contributed by atoms with van der Waals surface area (Å²) >= 11 is 0. The molecule has 0 radical (unpaired) electrons. The second-order valence-electron chi connectivity index (χ2n) is 6.22. The van der Waals surface area contributed by atoms with Crippen LogP contribution in [0, 0.1) is 0 Å². The molecular weight excluding hydrogens is 312 g/mol. The monoisotopic (exact) mass is 334 g/mol. The molecule has 0 saturated carbocycles. The van der Waals surface area contributed by atoms with Crippen LogP contribution in [0.5, 0.6) is 0 Å². The number of rotatable bonds is 5. The van der Waals surface area contributed by atoms with E-state index in [0.717, 1.165) is 31.6 Å². The topological polar surface area (TPSA) is 110 Å². The molecule has 1 fully saturated rings. The molecule has 9 heteroatoms. The van der Waals surface area contributed by atoms with Gasteiger partial charge in [-0.3, -0.25) is 9.69 Å². The van der Waals surface area contributed by atoms with Crippen LogP contribution in [0.25, 0.3) is 0 Å². The average Bonchev–Trinajstić information content (AvgIpc) is 3.24. The summed E-state index contributed by atoms with van der Waals surface area (Å²) in [5.41, 5.74) is 0. The summed E-state index contributed by atoms with van der Waals surface area (Å²) < 4.78 is 10.4. The van der Waals surface area contributed by atoms with E-state index >= 15 is 0 Å². The number of nitrogens with zero attached hydrogens (tertiary/aromatic N) is 5. The van der Waals surface area contributed by atoms with Crippen molar-refractivity contribution in [2.45, 2.75) is 51.6 Å². The molecule has 2 aromatic rings. The lowest BCUT2D eigenvalue weighted by molar-refractivity contribution is 0.0919. The minimum absolute atomic E-state index is 0.0269. The number of amides is 1. The summed E-state index contributed by atoms with van der Waals surface area (Å²) in [5, 5.41) is 10.4. The summed E-state index contributed by atoms with van der Waals surface area (Å²) in [6, 6.07) is 0.0423. The zero-order chi connectivity index (χ0) is 17.1. The second kappa shape index (κ2) is 7.08. The number of likely N-dealkylation sites (tertiary alicyclic amines) is 1. The van der Waals surface area contributed by atoms with Gasteiger partial charge in [0.2, 0.25) is 5.89 Å². The molecule has 1 saturated heterocycles. The molecule has 130 valence electrons. The van der Waals surface area contributed by atoms with Gasteiger partial charge in [0.15, 0.2) is 11.6 Å². The molecule has 1 aliphatic heterocycles. The lowest BCUT2D eigenvalue weighted by atomic mass is 10.0. The highest BCUT2D eigenvalue weighted by Gasteiger charge is 2.30. The smallest absolute Gasteiger partial charge is 0.315 e. The molecule has 0 aromatic carbocycles. The van der Waals surface area contributed by atoms with Gasteiger partial charge in [-0.25, -0.2) is 0 Å². The summed E-state index contributed by atoms with van der Waals surface area (Å²) in [4.78, 5) is 22.4. The number of carbonyl (C=O) groups excluding carboxylic acids is 1. The molecule has 0 spiro atoms. The predicted molar refractivity (Wildman–Crippen MR) is 83.1 cm³/mol. The maximum Gasteiger partial charge on any atom is 0.315 e. The van der Waals surface area contributed by atoms with E-state index in [9.17, 15) is 4.79 Å². The Balaban J connectivity index is 1.74. The number of piperidine rings is 1. The van der Waals surface area contributed by atoms with Gasteiger partial charge in [-0.15, -0.1) is 0 Å². The minimum atomic E-state index is -0.387. The molecule has 1 atom stereocenters. The van der Waals surface area contributed by atoms with Crippen LogP contribution in [0.4, 0.5) is 0 Å². The molecule has 3 rings (SSSR count). The summed E-state index contributed by atoms with van der Waals surface area (Å²) in [5.74, 6) is 1.64. The molecule has 1 aliphatic rings. The van der Waals surface area contributed by atoms with Gasteiger partial charge in [-0.05, 0) is 19.4 Å². The first kappa shape index (κ1) is 16.6. The molecule has 9 nitrogen and oxygen atoms in total. The fraction of sp³-hybridized carbons (Fsp3) is 0.667. The van der Waals surface area contributed by atoms with E-state index in [1.165, 1.54) is 7.05 Å². The van der Waals surface area contributed by atoms with Gasteiger partial charge in [0.25, 0.3) is 0 Å². The van der Waals surface area contributed by atoms with Crippen molar-refractivity contribution in [2.24, 2.45) is 0 Å². The Morgan fingerprint density at radius 1 is 1.29 bits per heavy atom. The van der Waals surface area contributed by atoms with Gasteiger partial charge >= 0.3 is 11.8 Å². The maximum absolute atomic E-state index is 11.5. The quantitative estimate of drug-likeness (QED) is 0.879. The average molecular weight is 334 g/mol. The fourth-order valence-corrected chi connectivity index (χ4v) is 2.78. The van der Waals surface area contributed by atoms with E-state index in [-0.39, 0.29) is 23.8 Å². The van der Waals surface area contributed by atoms with E-state index in [1.807, 2.05) is 13.8 Å². The zero-order valence-electron chi connectivity index (χ0n) is 14.2. The number of hydrogen-bond donors (Lipinski definition) is 1. The first-order chi connectivity index (χ1) is 11.6. The minimum Gasteiger partial charge on any atom is -0.351 e.